The first-order valence-corrected chi connectivity index (χ1v) is 8.33. The Morgan fingerprint density at radius 1 is 1.39 bits per heavy atom. The first-order chi connectivity index (χ1) is 11.2. The average molecular weight is 323 g/mol. The van der Waals surface area contributed by atoms with Crippen LogP contribution in [0.3, 0.4) is 0 Å². The number of hydrogen-bond acceptors (Lipinski definition) is 6. The maximum Gasteiger partial charge on any atom is 0.260 e. The highest BCUT2D eigenvalue weighted by Gasteiger charge is 2.38. The molecule has 23 heavy (non-hydrogen) atoms. The lowest BCUT2D eigenvalue weighted by atomic mass is 9.99. The Morgan fingerprint density at radius 3 is 2.83 bits per heavy atom. The number of morpholine rings is 1. The SMILES string of the molecule is CC[C@H]1CN(C(=O)COc2cc(C)on2)C[C@@H]1N1CCOCC1. The molecule has 2 atom stereocenters. The van der Waals surface area contributed by atoms with Crippen LogP contribution in [-0.4, -0.2) is 72.9 Å². The molecule has 1 aromatic heterocycles. The van der Waals surface area contributed by atoms with Crippen molar-refractivity contribution in [3.8, 4) is 5.88 Å². The molecule has 2 aliphatic heterocycles. The summed E-state index contributed by atoms with van der Waals surface area (Å²) in [6.45, 7) is 9.07. The zero-order valence-electron chi connectivity index (χ0n) is 13.9. The summed E-state index contributed by atoms with van der Waals surface area (Å²) in [6, 6.07) is 2.12. The quantitative estimate of drug-likeness (QED) is 0.803. The van der Waals surface area contributed by atoms with Crippen molar-refractivity contribution < 1.29 is 18.8 Å². The first kappa shape index (κ1) is 16.3. The van der Waals surface area contributed by atoms with Gasteiger partial charge in [0.15, 0.2) is 6.61 Å². The number of ether oxygens (including phenoxy) is 2. The number of carbonyl (C=O) groups is 1. The Balaban J connectivity index is 1.54. The van der Waals surface area contributed by atoms with Crippen LogP contribution in [0.25, 0.3) is 0 Å². The summed E-state index contributed by atoms with van der Waals surface area (Å²) >= 11 is 0. The molecule has 0 unspecified atom stereocenters. The molecule has 0 aliphatic carbocycles. The van der Waals surface area contributed by atoms with Crippen molar-refractivity contribution in [1.82, 2.24) is 15.0 Å². The van der Waals surface area contributed by atoms with Gasteiger partial charge >= 0.3 is 0 Å². The monoisotopic (exact) mass is 323 g/mol. The molecule has 128 valence electrons. The summed E-state index contributed by atoms with van der Waals surface area (Å²) in [5.74, 6) is 1.57. The van der Waals surface area contributed by atoms with Crippen molar-refractivity contribution in [2.45, 2.75) is 26.3 Å². The number of aromatic nitrogens is 1. The third kappa shape index (κ3) is 3.84. The Morgan fingerprint density at radius 2 is 2.17 bits per heavy atom. The molecule has 0 radical (unpaired) electrons. The standard InChI is InChI=1S/C16H25N3O4/c1-3-13-9-19(10-14(13)18-4-6-21-7-5-18)16(20)11-22-15-8-12(2)23-17-15/h8,13-14H,3-7,9-11H2,1-2H3/t13-,14-/m0/s1. The van der Waals surface area contributed by atoms with Crippen molar-refractivity contribution in [1.29, 1.82) is 0 Å². The van der Waals surface area contributed by atoms with Crippen LogP contribution in [-0.2, 0) is 9.53 Å². The third-order valence-electron chi connectivity index (χ3n) is 4.75. The molecule has 0 saturated carbocycles. The number of hydrogen-bond donors (Lipinski definition) is 0. The Kier molecular flexibility index (Phi) is 5.17. The summed E-state index contributed by atoms with van der Waals surface area (Å²) in [4.78, 5) is 16.8. The van der Waals surface area contributed by atoms with Crippen LogP contribution >= 0.6 is 0 Å². The van der Waals surface area contributed by atoms with Crippen molar-refractivity contribution in [3.05, 3.63) is 11.8 Å². The fraction of sp³-hybridized carbons (Fsp3) is 0.750. The largest absolute Gasteiger partial charge is 0.465 e. The van der Waals surface area contributed by atoms with E-state index in [1.165, 1.54) is 0 Å². The van der Waals surface area contributed by atoms with Gasteiger partial charge in [-0.05, 0) is 18.0 Å². The van der Waals surface area contributed by atoms with Gasteiger partial charge in [-0.25, -0.2) is 0 Å². The van der Waals surface area contributed by atoms with Gasteiger partial charge < -0.3 is 18.9 Å². The van der Waals surface area contributed by atoms with Gasteiger partial charge in [0.2, 0.25) is 0 Å². The fourth-order valence-corrected chi connectivity index (χ4v) is 3.42. The maximum atomic E-state index is 12.4. The topological polar surface area (TPSA) is 68.0 Å². The van der Waals surface area contributed by atoms with E-state index in [4.69, 9.17) is 14.0 Å². The summed E-state index contributed by atoms with van der Waals surface area (Å²) in [7, 11) is 0. The van der Waals surface area contributed by atoms with Gasteiger partial charge in [0.05, 0.1) is 13.2 Å². The zero-order chi connectivity index (χ0) is 16.2. The molecule has 1 amide bonds. The fourth-order valence-electron chi connectivity index (χ4n) is 3.42. The molecule has 7 heteroatoms. The zero-order valence-corrected chi connectivity index (χ0v) is 13.9. The molecule has 2 fully saturated rings. The Hall–Kier alpha value is -1.60. The smallest absolute Gasteiger partial charge is 0.260 e. The minimum Gasteiger partial charge on any atom is -0.465 e. The molecule has 0 N–H and O–H groups in total. The molecule has 2 aliphatic rings. The maximum absolute atomic E-state index is 12.4. The van der Waals surface area contributed by atoms with E-state index in [9.17, 15) is 4.79 Å². The van der Waals surface area contributed by atoms with Gasteiger partial charge in [0, 0.05) is 38.3 Å². The number of likely N-dealkylation sites (tertiary alicyclic amines) is 1. The van der Waals surface area contributed by atoms with Gasteiger partial charge in [-0.15, -0.1) is 0 Å². The normalized spacial score (nSPS) is 25.7. The van der Waals surface area contributed by atoms with Gasteiger partial charge in [0.1, 0.15) is 5.76 Å². The van der Waals surface area contributed by atoms with Gasteiger partial charge in [-0.2, -0.15) is 0 Å². The molecular formula is C16H25N3O4. The second-order valence-corrected chi connectivity index (χ2v) is 6.25. The lowest BCUT2D eigenvalue weighted by Gasteiger charge is -2.34. The van der Waals surface area contributed by atoms with Crippen molar-refractivity contribution in [3.63, 3.8) is 0 Å². The van der Waals surface area contributed by atoms with E-state index >= 15 is 0 Å². The Bertz CT molecular complexity index is 527. The molecule has 0 spiro atoms. The lowest BCUT2D eigenvalue weighted by Crippen LogP contribution is -2.47. The van der Waals surface area contributed by atoms with E-state index in [0.29, 0.717) is 23.6 Å². The predicted molar refractivity (Wildman–Crippen MR) is 83.3 cm³/mol. The van der Waals surface area contributed by atoms with E-state index in [1.54, 1.807) is 13.0 Å². The molecule has 1 aromatic rings. The van der Waals surface area contributed by atoms with Crippen molar-refractivity contribution in [2.24, 2.45) is 5.92 Å². The highest BCUT2D eigenvalue weighted by molar-refractivity contribution is 5.78. The van der Waals surface area contributed by atoms with Crippen LogP contribution in [0.5, 0.6) is 5.88 Å². The second kappa shape index (κ2) is 7.31. The molecule has 3 rings (SSSR count). The van der Waals surface area contributed by atoms with E-state index in [2.05, 4.69) is 17.0 Å². The molecule has 2 saturated heterocycles. The van der Waals surface area contributed by atoms with Gasteiger partial charge in [0.25, 0.3) is 11.8 Å². The van der Waals surface area contributed by atoms with Crippen LogP contribution < -0.4 is 4.74 Å². The van der Waals surface area contributed by atoms with E-state index in [1.807, 2.05) is 4.90 Å². The third-order valence-corrected chi connectivity index (χ3v) is 4.75. The summed E-state index contributed by atoms with van der Waals surface area (Å²) in [5, 5.41) is 3.74. The number of amides is 1. The average Bonchev–Trinajstić information content (AvgIpc) is 3.19. The minimum absolute atomic E-state index is 0.0121. The second-order valence-electron chi connectivity index (χ2n) is 6.25. The molecule has 7 nitrogen and oxygen atoms in total. The van der Waals surface area contributed by atoms with Crippen molar-refractivity contribution >= 4 is 5.91 Å². The number of rotatable bonds is 5. The highest BCUT2D eigenvalue weighted by atomic mass is 16.5. The predicted octanol–water partition coefficient (Wildman–Crippen LogP) is 0.931. The van der Waals surface area contributed by atoms with Crippen molar-refractivity contribution in [2.75, 3.05) is 46.0 Å². The number of carbonyl (C=O) groups excluding carboxylic acids is 1. The summed E-state index contributed by atoms with van der Waals surface area (Å²) in [6.07, 6.45) is 1.08. The minimum atomic E-state index is 0.0121. The van der Waals surface area contributed by atoms with Crippen LogP contribution in [0.1, 0.15) is 19.1 Å². The molecule has 0 aromatic carbocycles. The number of aryl methyl sites for hydroxylation is 1. The molecule has 0 bridgehead atoms. The molecule has 3 heterocycles. The van der Waals surface area contributed by atoms with E-state index in [-0.39, 0.29) is 12.5 Å². The summed E-state index contributed by atoms with van der Waals surface area (Å²) < 4.78 is 15.8. The lowest BCUT2D eigenvalue weighted by molar-refractivity contribution is -0.132. The van der Waals surface area contributed by atoms with Crippen LogP contribution in [0.4, 0.5) is 0 Å². The Labute approximate surface area is 136 Å². The van der Waals surface area contributed by atoms with Gasteiger partial charge in [-0.1, -0.05) is 13.3 Å². The van der Waals surface area contributed by atoms with Gasteiger partial charge in [-0.3, -0.25) is 9.69 Å². The highest BCUT2D eigenvalue weighted by Crippen LogP contribution is 2.25. The summed E-state index contributed by atoms with van der Waals surface area (Å²) in [5.41, 5.74) is 0. The number of nitrogens with zero attached hydrogens (tertiary/aromatic N) is 3. The van der Waals surface area contributed by atoms with E-state index in [0.717, 1.165) is 45.8 Å². The van der Waals surface area contributed by atoms with Crippen LogP contribution in [0.15, 0.2) is 10.6 Å². The van der Waals surface area contributed by atoms with Crippen LogP contribution in [0.2, 0.25) is 0 Å². The van der Waals surface area contributed by atoms with Crippen LogP contribution in [0, 0.1) is 12.8 Å². The van der Waals surface area contributed by atoms with E-state index < -0.39 is 0 Å². The molecular weight excluding hydrogens is 298 g/mol. The first-order valence-electron chi connectivity index (χ1n) is 8.33.